The van der Waals surface area contributed by atoms with Crippen molar-refractivity contribution in [2.45, 2.75) is 11.1 Å². The highest BCUT2D eigenvalue weighted by Gasteiger charge is 2.33. The summed E-state index contributed by atoms with van der Waals surface area (Å²) in [7, 11) is 0. The number of nitrogens with zero attached hydrogens (tertiary/aromatic N) is 2. The first-order valence-corrected chi connectivity index (χ1v) is 10.1. The first-order chi connectivity index (χ1) is 15.6. The van der Waals surface area contributed by atoms with Gasteiger partial charge in [-0.1, -0.05) is 17.7 Å². The van der Waals surface area contributed by atoms with Crippen LogP contribution < -0.4 is 10.1 Å². The van der Waals surface area contributed by atoms with Crippen molar-refractivity contribution in [2.24, 2.45) is 0 Å². The van der Waals surface area contributed by atoms with E-state index < -0.39 is 34.0 Å². The average molecular weight is 494 g/mol. The number of hydrogen-bond acceptors (Lipinski definition) is 6. The number of carbonyl (C=O) groups is 1. The van der Waals surface area contributed by atoms with E-state index in [1.807, 2.05) is 5.40 Å². The van der Waals surface area contributed by atoms with Crippen molar-refractivity contribution >= 4 is 40.6 Å². The van der Waals surface area contributed by atoms with Crippen LogP contribution in [0.2, 0.25) is 5.02 Å². The molecular weight excluding hydrogens is 483 g/mol. The second-order valence-corrected chi connectivity index (χ2v) is 7.62. The third-order valence-corrected chi connectivity index (χ3v) is 5.05. The Morgan fingerprint density at radius 1 is 1.15 bits per heavy atom. The number of carbonyl (C=O) groups excluding carboxylic acids is 1. The molecule has 33 heavy (non-hydrogen) atoms. The van der Waals surface area contributed by atoms with Crippen LogP contribution in [-0.4, -0.2) is 10.8 Å². The number of nitriles is 1. The minimum Gasteiger partial charge on any atom is -0.450 e. The Hall–Kier alpha value is -3.75. The molecule has 3 aromatic carbocycles. The Bertz CT molecular complexity index is 1280. The minimum absolute atomic E-state index is 0.00243. The summed E-state index contributed by atoms with van der Waals surface area (Å²) in [5.74, 6) is -0.999. The molecule has 12 heteroatoms. The number of hydrogen-bond donors (Lipinski definition) is 1. The summed E-state index contributed by atoms with van der Waals surface area (Å²) in [6.07, 6.45) is -4.76. The lowest BCUT2D eigenvalue weighted by atomic mass is 10.1. The normalized spacial score (nSPS) is 10.9. The number of alkyl halides is 3. The molecule has 0 aliphatic heterocycles. The van der Waals surface area contributed by atoms with Gasteiger partial charge in [-0.25, -0.2) is 0 Å². The lowest BCUT2D eigenvalue weighted by Crippen LogP contribution is -2.12. The van der Waals surface area contributed by atoms with Crippen molar-refractivity contribution in [3.8, 4) is 16.9 Å². The molecule has 0 radical (unpaired) electrons. The Morgan fingerprint density at radius 2 is 1.91 bits per heavy atom. The molecular formula is C21H11ClF3N3O4S. The van der Waals surface area contributed by atoms with Gasteiger partial charge in [-0.05, 0) is 60.3 Å². The van der Waals surface area contributed by atoms with Crippen LogP contribution >= 0.6 is 23.4 Å². The third-order valence-electron chi connectivity index (χ3n) is 4.16. The van der Waals surface area contributed by atoms with Crippen LogP contribution in [0.4, 0.5) is 24.5 Å². The van der Waals surface area contributed by atoms with Crippen LogP contribution in [0.25, 0.3) is 0 Å². The van der Waals surface area contributed by atoms with Crippen LogP contribution in [-0.2, 0) is 6.18 Å². The number of nitro benzene ring substituents is 1. The smallest absolute Gasteiger partial charge is 0.416 e. The van der Waals surface area contributed by atoms with E-state index in [4.69, 9.17) is 21.6 Å². The number of thioether (sulfide) groups is 1. The number of nitrogens with one attached hydrogen (secondary N) is 1. The zero-order valence-corrected chi connectivity index (χ0v) is 17.8. The van der Waals surface area contributed by atoms with E-state index in [2.05, 4.69) is 5.32 Å². The van der Waals surface area contributed by atoms with Crippen LogP contribution in [0.15, 0.2) is 65.6 Å². The summed E-state index contributed by atoms with van der Waals surface area (Å²) >= 11 is 7.02. The van der Waals surface area contributed by atoms with Gasteiger partial charge in [0.2, 0.25) is 5.75 Å². The molecule has 0 bridgehead atoms. The van der Waals surface area contributed by atoms with E-state index in [9.17, 15) is 28.1 Å². The third kappa shape index (κ3) is 5.94. The molecule has 1 amide bonds. The Labute approximate surface area is 193 Å². The van der Waals surface area contributed by atoms with Gasteiger partial charge in [0.1, 0.15) is 11.2 Å². The summed E-state index contributed by atoms with van der Waals surface area (Å²) in [5.41, 5.74) is -1.67. The van der Waals surface area contributed by atoms with Crippen molar-refractivity contribution in [1.29, 1.82) is 5.26 Å². The van der Waals surface area contributed by atoms with Gasteiger partial charge in [0.25, 0.3) is 5.91 Å². The fourth-order valence-corrected chi connectivity index (χ4v) is 3.37. The standard InChI is InChI=1S/C21H11ClF3N3O4S/c22-16-10-15(33-11-26)5-6-17(16)27-20(29)12-2-1-3-14(8-12)32-19-7-4-13(21(23,24)25)9-18(19)28(30)31/h1-10H,(H,27,29). The number of halogens is 4. The average Bonchev–Trinajstić information content (AvgIpc) is 2.75. The number of thiocyanates is 1. The van der Waals surface area contributed by atoms with Gasteiger partial charge in [-0.3, -0.25) is 14.9 Å². The summed E-state index contributed by atoms with van der Waals surface area (Å²) in [5, 5.41) is 24.6. The van der Waals surface area contributed by atoms with Crippen molar-refractivity contribution in [3.63, 3.8) is 0 Å². The minimum atomic E-state index is -4.76. The largest absolute Gasteiger partial charge is 0.450 e. The van der Waals surface area contributed by atoms with E-state index >= 15 is 0 Å². The highest BCUT2D eigenvalue weighted by molar-refractivity contribution is 8.03. The molecule has 3 aromatic rings. The highest BCUT2D eigenvalue weighted by atomic mass is 35.5. The van der Waals surface area contributed by atoms with E-state index in [-0.39, 0.29) is 22.0 Å². The molecule has 0 fully saturated rings. The van der Waals surface area contributed by atoms with Crippen molar-refractivity contribution in [3.05, 3.63) is 86.9 Å². The zero-order chi connectivity index (χ0) is 24.2. The second kappa shape index (κ2) is 9.81. The number of anilines is 1. The molecule has 7 nitrogen and oxygen atoms in total. The van der Waals surface area contributed by atoms with Crippen LogP contribution in [0.3, 0.4) is 0 Å². The molecule has 168 valence electrons. The molecule has 0 spiro atoms. The van der Waals surface area contributed by atoms with E-state index in [0.717, 1.165) is 17.8 Å². The second-order valence-electron chi connectivity index (χ2n) is 6.36. The van der Waals surface area contributed by atoms with E-state index in [1.54, 1.807) is 6.07 Å². The maximum Gasteiger partial charge on any atom is 0.416 e. The lowest BCUT2D eigenvalue weighted by Gasteiger charge is -2.11. The van der Waals surface area contributed by atoms with Gasteiger partial charge in [0, 0.05) is 16.5 Å². The predicted octanol–water partition coefficient (Wildman–Crippen LogP) is 6.88. The summed E-state index contributed by atoms with van der Waals surface area (Å²) in [6.45, 7) is 0. The number of benzene rings is 3. The van der Waals surface area contributed by atoms with Crippen molar-refractivity contribution in [2.75, 3.05) is 5.32 Å². The Balaban J connectivity index is 1.82. The topological polar surface area (TPSA) is 105 Å². The SMILES string of the molecule is N#CSc1ccc(NC(=O)c2cccc(Oc3ccc(C(F)(F)F)cc3[N+](=O)[O-])c2)c(Cl)c1. The quantitative estimate of drug-likeness (QED) is 0.173. The van der Waals surface area contributed by atoms with Gasteiger partial charge in [-0.2, -0.15) is 18.4 Å². The van der Waals surface area contributed by atoms with Crippen LogP contribution in [0, 0.1) is 20.8 Å². The Morgan fingerprint density at radius 3 is 2.55 bits per heavy atom. The molecule has 0 heterocycles. The van der Waals surface area contributed by atoms with Gasteiger partial charge >= 0.3 is 11.9 Å². The first-order valence-electron chi connectivity index (χ1n) is 8.89. The lowest BCUT2D eigenvalue weighted by molar-refractivity contribution is -0.385. The van der Waals surface area contributed by atoms with Gasteiger partial charge < -0.3 is 10.1 Å². The van der Waals surface area contributed by atoms with Crippen molar-refractivity contribution < 1.29 is 27.6 Å². The monoisotopic (exact) mass is 493 g/mol. The Kier molecular flexibility index (Phi) is 7.10. The predicted molar refractivity (Wildman–Crippen MR) is 115 cm³/mol. The molecule has 0 aliphatic carbocycles. The number of ether oxygens (including phenoxy) is 1. The maximum absolute atomic E-state index is 12.9. The highest BCUT2D eigenvalue weighted by Crippen LogP contribution is 2.38. The molecule has 0 unspecified atom stereocenters. The zero-order valence-electron chi connectivity index (χ0n) is 16.2. The molecule has 0 saturated carbocycles. The maximum atomic E-state index is 12.9. The van der Waals surface area contributed by atoms with E-state index in [0.29, 0.717) is 17.0 Å². The van der Waals surface area contributed by atoms with E-state index in [1.165, 1.54) is 36.4 Å². The molecule has 3 rings (SSSR count). The molecule has 0 saturated heterocycles. The fourth-order valence-electron chi connectivity index (χ4n) is 2.66. The number of nitro groups is 1. The number of amides is 1. The van der Waals surface area contributed by atoms with Crippen LogP contribution in [0.1, 0.15) is 15.9 Å². The van der Waals surface area contributed by atoms with Crippen LogP contribution in [0.5, 0.6) is 11.5 Å². The number of rotatable bonds is 6. The van der Waals surface area contributed by atoms with Gasteiger partial charge in [0.15, 0.2) is 0 Å². The molecule has 1 N–H and O–H groups in total. The molecule has 0 aliphatic rings. The summed E-state index contributed by atoms with van der Waals surface area (Å²) in [4.78, 5) is 23.4. The first kappa shape index (κ1) is 23.9. The molecule has 0 atom stereocenters. The van der Waals surface area contributed by atoms with Gasteiger partial charge in [0.05, 0.1) is 21.2 Å². The van der Waals surface area contributed by atoms with Crippen molar-refractivity contribution in [1.82, 2.24) is 0 Å². The molecule has 0 aromatic heterocycles. The van der Waals surface area contributed by atoms with Gasteiger partial charge in [-0.15, -0.1) is 0 Å². The summed E-state index contributed by atoms with van der Waals surface area (Å²) < 4.78 is 44.0. The summed E-state index contributed by atoms with van der Waals surface area (Å²) in [6, 6.07) is 12.0. The fraction of sp³-hybridized carbons (Fsp3) is 0.0476.